The van der Waals surface area contributed by atoms with Crippen LogP contribution >= 0.6 is 0 Å². The Morgan fingerprint density at radius 3 is 2.47 bits per heavy atom. The van der Waals surface area contributed by atoms with Crippen molar-refractivity contribution in [1.82, 2.24) is 0 Å². The molecule has 15 heavy (non-hydrogen) atoms. The molecule has 0 amide bonds. The Hall–Kier alpha value is -0.563. The zero-order valence-electron chi connectivity index (χ0n) is 10.2. The third kappa shape index (κ3) is 5.78. The molecule has 1 aromatic carbocycles. The smallest absolute Gasteiger partial charge is 0.0575 e. The van der Waals surface area contributed by atoms with E-state index in [0.717, 1.165) is 5.54 Å². The molecular weight excluding hydrogens is 196 g/mol. The fourth-order valence-electron chi connectivity index (χ4n) is 2.04. The van der Waals surface area contributed by atoms with Gasteiger partial charge in [0.1, 0.15) is 0 Å². The van der Waals surface area contributed by atoms with Gasteiger partial charge in [0.2, 0.25) is 0 Å². The molecule has 1 atom stereocenters. The highest BCUT2D eigenvalue weighted by Crippen LogP contribution is 2.13. The monoisotopic (exact) mass is 220 g/mol. The average Bonchev–Trinajstić information content (AvgIpc) is 2.26. The third-order valence-electron chi connectivity index (χ3n) is 2.98. The zero-order valence-corrected chi connectivity index (χ0v) is 11.6. The standard InChI is InChI=1S/C14H24Si/c1-3-4-5-7-10-13(2)15-14-11-8-6-9-12-14/h6,8-9,11-13H,3-5,7,10,15H2,1-2H3/t13-/m0/s1. The first-order valence-electron chi connectivity index (χ1n) is 6.37. The summed E-state index contributed by atoms with van der Waals surface area (Å²) in [5.41, 5.74) is 0.976. The largest absolute Gasteiger partial charge is 0.0667 e. The minimum Gasteiger partial charge on any atom is -0.0667 e. The maximum absolute atomic E-state index is 2.44. The first kappa shape index (κ1) is 12.5. The maximum Gasteiger partial charge on any atom is 0.0575 e. The Kier molecular flexibility index (Phi) is 6.41. The van der Waals surface area contributed by atoms with Gasteiger partial charge in [-0.3, -0.25) is 0 Å². The van der Waals surface area contributed by atoms with E-state index in [9.17, 15) is 0 Å². The molecule has 1 aromatic rings. The highest BCUT2D eigenvalue weighted by molar-refractivity contribution is 6.54. The molecular formula is C14H24Si. The molecule has 0 saturated heterocycles. The summed E-state index contributed by atoms with van der Waals surface area (Å²) < 4.78 is 0. The van der Waals surface area contributed by atoms with E-state index in [-0.39, 0.29) is 9.52 Å². The summed E-state index contributed by atoms with van der Waals surface area (Å²) in [6.45, 7) is 4.72. The SMILES string of the molecule is CCCCCC[C@H](C)[SiH2]c1ccccc1. The van der Waals surface area contributed by atoms with Crippen molar-refractivity contribution in [1.29, 1.82) is 0 Å². The minimum absolute atomic E-state index is 0.0213. The number of rotatable bonds is 7. The summed E-state index contributed by atoms with van der Waals surface area (Å²) in [5.74, 6) is 0. The van der Waals surface area contributed by atoms with E-state index in [1.165, 1.54) is 32.1 Å². The van der Waals surface area contributed by atoms with E-state index >= 15 is 0 Å². The molecule has 1 rings (SSSR count). The van der Waals surface area contributed by atoms with E-state index in [1.54, 1.807) is 5.19 Å². The molecule has 0 bridgehead atoms. The molecule has 0 saturated carbocycles. The molecule has 0 spiro atoms. The van der Waals surface area contributed by atoms with Gasteiger partial charge >= 0.3 is 0 Å². The molecule has 0 heterocycles. The fourth-order valence-corrected chi connectivity index (χ4v) is 3.88. The summed E-state index contributed by atoms with van der Waals surface area (Å²) in [4.78, 5) is 0. The lowest BCUT2D eigenvalue weighted by Gasteiger charge is -2.10. The number of hydrogen-bond donors (Lipinski definition) is 0. The molecule has 0 radical (unpaired) electrons. The summed E-state index contributed by atoms with van der Waals surface area (Å²) in [5, 5.41) is 1.63. The van der Waals surface area contributed by atoms with Gasteiger partial charge in [0.25, 0.3) is 0 Å². The van der Waals surface area contributed by atoms with Crippen molar-refractivity contribution in [3.63, 3.8) is 0 Å². The van der Waals surface area contributed by atoms with Crippen LogP contribution in [0.1, 0.15) is 46.0 Å². The minimum atomic E-state index is -0.0213. The van der Waals surface area contributed by atoms with Gasteiger partial charge in [0.05, 0.1) is 9.52 Å². The van der Waals surface area contributed by atoms with E-state index in [2.05, 4.69) is 44.2 Å². The van der Waals surface area contributed by atoms with Crippen LogP contribution in [0.5, 0.6) is 0 Å². The Balaban J connectivity index is 2.16. The predicted octanol–water partition coefficient (Wildman–Crippen LogP) is 3.26. The van der Waals surface area contributed by atoms with Crippen molar-refractivity contribution < 1.29 is 0 Å². The highest BCUT2D eigenvalue weighted by Gasteiger charge is 2.03. The van der Waals surface area contributed by atoms with Crippen molar-refractivity contribution in [3.8, 4) is 0 Å². The van der Waals surface area contributed by atoms with Gasteiger partial charge in [0, 0.05) is 0 Å². The van der Waals surface area contributed by atoms with Crippen LogP contribution in [-0.4, -0.2) is 9.52 Å². The Morgan fingerprint density at radius 2 is 1.80 bits per heavy atom. The molecule has 1 heteroatoms. The van der Waals surface area contributed by atoms with E-state index in [4.69, 9.17) is 0 Å². The lowest BCUT2D eigenvalue weighted by molar-refractivity contribution is 0.623. The number of benzene rings is 1. The Labute approximate surface area is 96.9 Å². The normalized spacial score (nSPS) is 13.5. The van der Waals surface area contributed by atoms with Crippen molar-refractivity contribution >= 4 is 14.7 Å². The molecule has 0 aliphatic rings. The Morgan fingerprint density at radius 1 is 1.07 bits per heavy atom. The summed E-state index contributed by atoms with van der Waals surface area (Å²) >= 11 is 0. The quantitative estimate of drug-likeness (QED) is 0.489. The summed E-state index contributed by atoms with van der Waals surface area (Å²) in [6.07, 6.45) is 7.09. The molecule has 0 nitrogen and oxygen atoms in total. The molecule has 0 aromatic heterocycles. The van der Waals surface area contributed by atoms with Crippen LogP contribution in [0.15, 0.2) is 30.3 Å². The Bertz CT molecular complexity index is 243. The maximum atomic E-state index is 2.44. The van der Waals surface area contributed by atoms with Crippen LogP contribution in [0.4, 0.5) is 0 Å². The predicted molar refractivity (Wildman–Crippen MR) is 72.8 cm³/mol. The van der Waals surface area contributed by atoms with Gasteiger partial charge < -0.3 is 0 Å². The average molecular weight is 220 g/mol. The van der Waals surface area contributed by atoms with Crippen molar-refractivity contribution in [2.45, 2.75) is 51.5 Å². The lowest BCUT2D eigenvalue weighted by Crippen LogP contribution is -2.17. The van der Waals surface area contributed by atoms with E-state index < -0.39 is 0 Å². The van der Waals surface area contributed by atoms with Crippen molar-refractivity contribution in [2.75, 3.05) is 0 Å². The first-order valence-corrected chi connectivity index (χ1v) is 7.89. The van der Waals surface area contributed by atoms with Crippen molar-refractivity contribution in [2.24, 2.45) is 0 Å². The van der Waals surface area contributed by atoms with Gasteiger partial charge in [-0.2, -0.15) is 0 Å². The van der Waals surface area contributed by atoms with Gasteiger partial charge in [0.15, 0.2) is 0 Å². The molecule has 0 unspecified atom stereocenters. The second kappa shape index (κ2) is 7.69. The molecule has 84 valence electrons. The topological polar surface area (TPSA) is 0 Å². The summed E-state index contributed by atoms with van der Waals surface area (Å²) in [6, 6.07) is 11.1. The molecule has 0 fully saturated rings. The van der Waals surface area contributed by atoms with Gasteiger partial charge in [-0.15, -0.1) is 0 Å². The van der Waals surface area contributed by atoms with Gasteiger partial charge in [-0.05, 0) is 5.54 Å². The van der Waals surface area contributed by atoms with Crippen LogP contribution in [0, 0.1) is 0 Å². The van der Waals surface area contributed by atoms with Crippen LogP contribution in [0.2, 0.25) is 5.54 Å². The fraction of sp³-hybridized carbons (Fsp3) is 0.571. The number of unbranched alkanes of at least 4 members (excludes halogenated alkanes) is 3. The van der Waals surface area contributed by atoms with E-state index in [0.29, 0.717) is 0 Å². The second-order valence-electron chi connectivity index (χ2n) is 4.64. The van der Waals surface area contributed by atoms with Crippen molar-refractivity contribution in [3.05, 3.63) is 30.3 Å². The van der Waals surface area contributed by atoms with Crippen LogP contribution in [-0.2, 0) is 0 Å². The third-order valence-corrected chi connectivity index (χ3v) is 5.03. The van der Waals surface area contributed by atoms with Gasteiger partial charge in [-0.1, -0.05) is 81.5 Å². The first-order chi connectivity index (χ1) is 7.33. The molecule has 0 N–H and O–H groups in total. The highest BCUT2D eigenvalue weighted by atomic mass is 28.2. The van der Waals surface area contributed by atoms with Crippen LogP contribution in [0.25, 0.3) is 0 Å². The van der Waals surface area contributed by atoms with E-state index in [1.807, 2.05) is 0 Å². The van der Waals surface area contributed by atoms with Gasteiger partial charge in [-0.25, -0.2) is 0 Å². The second-order valence-corrected chi connectivity index (χ2v) is 7.26. The molecule has 0 aliphatic carbocycles. The number of hydrogen-bond acceptors (Lipinski definition) is 0. The lowest BCUT2D eigenvalue weighted by atomic mass is 10.1. The van der Waals surface area contributed by atoms with Crippen LogP contribution in [0.3, 0.4) is 0 Å². The summed E-state index contributed by atoms with van der Waals surface area (Å²) in [7, 11) is -0.0213. The molecule has 0 aliphatic heterocycles. The zero-order chi connectivity index (χ0) is 10.9. The van der Waals surface area contributed by atoms with Crippen LogP contribution < -0.4 is 5.19 Å².